The summed E-state index contributed by atoms with van der Waals surface area (Å²) in [5.74, 6) is 7.19. The topological polar surface area (TPSA) is 47.3 Å². The number of nitrogens with one attached hydrogen (secondary N) is 1. The van der Waals surface area contributed by atoms with Crippen molar-refractivity contribution in [1.82, 2.24) is 5.43 Å². The minimum absolute atomic E-state index is 0.0229. The highest BCUT2D eigenvalue weighted by atomic mass is 16.5. The van der Waals surface area contributed by atoms with E-state index >= 15 is 0 Å². The zero-order valence-electron chi connectivity index (χ0n) is 13.9. The second-order valence-electron chi connectivity index (χ2n) is 8.07. The van der Waals surface area contributed by atoms with Crippen LogP contribution in [0.3, 0.4) is 0 Å². The number of ether oxygens (including phenoxy) is 1. The molecule has 0 radical (unpaired) electrons. The van der Waals surface area contributed by atoms with Gasteiger partial charge in [0.05, 0.1) is 11.2 Å². The average Bonchev–Trinajstić information content (AvgIpc) is 2.50. The standard InChI is InChI=1S/C17H34N2O/c1-16(2)12-14(17(3,4)20-16)15(19-18)13-10-8-6-5-7-9-11-13/h13-15,19H,5-12,18H2,1-4H3. The van der Waals surface area contributed by atoms with Crippen LogP contribution < -0.4 is 11.3 Å². The molecule has 0 aromatic carbocycles. The number of hydrogen-bond donors (Lipinski definition) is 2. The summed E-state index contributed by atoms with van der Waals surface area (Å²) in [4.78, 5) is 0. The van der Waals surface area contributed by atoms with E-state index in [1.165, 1.54) is 44.9 Å². The van der Waals surface area contributed by atoms with E-state index in [0.29, 0.717) is 17.9 Å². The van der Waals surface area contributed by atoms with E-state index in [0.717, 1.165) is 6.42 Å². The zero-order valence-corrected chi connectivity index (χ0v) is 13.9. The van der Waals surface area contributed by atoms with Crippen LogP contribution in [0, 0.1) is 11.8 Å². The van der Waals surface area contributed by atoms with Crippen molar-refractivity contribution in [2.24, 2.45) is 17.7 Å². The summed E-state index contributed by atoms with van der Waals surface area (Å²) in [6.45, 7) is 8.89. The van der Waals surface area contributed by atoms with Gasteiger partial charge in [0.25, 0.3) is 0 Å². The summed E-state index contributed by atoms with van der Waals surface area (Å²) in [5.41, 5.74) is 3.07. The Hall–Kier alpha value is -0.120. The van der Waals surface area contributed by atoms with Crippen molar-refractivity contribution in [2.75, 3.05) is 0 Å². The van der Waals surface area contributed by atoms with Gasteiger partial charge < -0.3 is 4.74 Å². The fraction of sp³-hybridized carbons (Fsp3) is 1.00. The maximum atomic E-state index is 6.28. The van der Waals surface area contributed by atoms with Crippen LogP contribution in [0.5, 0.6) is 0 Å². The molecule has 3 nitrogen and oxygen atoms in total. The SMILES string of the molecule is CC1(C)CC(C(NN)C2CCCCCCC2)C(C)(C)O1. The van der Waals surface area contributed by atoms with Crippen molar-refractivity contribution >= 4 is 0 Å². The van der Waals surface area contributed by atoms with E-state index in [4.69, 9.17) is 10.6 Å². The first kappa shape index (κ1) is 16.3. The molecular weight excluding hydrogens is 248 g/mol. The van der Waals surface area contributed by atoms with Gasteiger partial charge in [-0.1, -0.05) is 32.1 Å². The molecule has 2 aliphatic rings. The maximum Gasteiger partial charge on any atom is 0.0678 e. The molecule has 0 bridgehead atoms. The Kier molecular flexibility index (Phi) is 5.14. The number of rotatable bonds is 3. The van der Waals surface area contributed by atoms with Gasteiger partial charge in [0.2, 0.25) is 0 Å². The second kappa shape index (κ2) is 6.33. The van der Waals surface area contributed by atoms with Crippen LogP contribution >= 0.6 is 0 Å². The smallest absolute Gasteiger partial charge is 0.0678 e. The molecule has 1 aliphatic heterocycles. The average molecular weight is 282 g/mol. The van der Waals surface area contributed by atoms with Gasteiger partial charge in [0.15, 0.2) is 0 Å². The lowest BCUT2D eigenvalue weighted by molar-refractivity contribution is -0.0800. The fourth-order valence-electron chi connectivity index (χ4n) is 4.59. The Bertz CT molecular complexity index is 306. The van der Waals surface area contributed by atoms with Crippen LogP contribution in [0.4, 0.5) is 0 Å². The van der Waals surface area contributed by atoms with Crippen molar-refractivity contribution in [3.05, 3.63) is 0 Å². The van der Waals surface area contributed by atoms with Crippen molar-refractivity contribution < 1.29 is 4.74 Å². The Morgan fingerprint density at radius 2 is 1.55 bits per heavy atom. The molecule has 3 N–H and O–H groups in total. The molecule has 1 aliphatic carbocycles. The molecule has 0 spiro atoms. The van der Waals surface area contributed by atoms with Gasteiger partial charge in [-0.05, 0) is 52.9 Å². The van der Waals surface area contributed by atoms with Gasteiger partial charge >= 0.3 is 0 Å². The number of hydrazine groups is 1. The molecule has 0 aromatic heterocycles. The Morgan fingerprint density at radius 1 is 1.00 bits per heavy atom. The van der Waals surface area contributed by atoms with E-state index in [1.54, 1.807) is 0 Å². The Balaban J connectivity index is 2.10. The van der Waals surface area contributed by atoms with Crippen molar-refractivity contribution in [3.63, 3.8) is 0 Å². The summed E-state index contributed by atoms with van der Waals surface area (Å²) in [5, 5.41) is 0. The Labute approximate surface area is 125 Å². The van der Waals surface area contributed by atoms with Gasteiger partial charge in [-0.3, -0.25) is 11.3 Å². The normalized spacial score (nSPS) is 32.5. The van der Waals surface area contributed by atoms with E-state index in [1.807, 2.05) is 0 Å². The van der Waals surface area contributed by atoms with Crippen LogP contribution in [-0.4, -0.2) is 17.2 Å². The summed E-state index contributed by atoms with van der Waals surface area (Å²) in [6, 6.07) is 0.393. The third-order valence-electron chi connectivity index (χ3n) is 5.43. The van der Waals surface area contributed by atoms with Gasteiger partial charge in [0, 0.05) is 12.0 Å². The minimum atomic E-state index is -0.0805. The van der Waals surface area contributed by atoms with Gasteiger partial charge in [0.1, 0.15) is 0 Å². The first-order valence-electron chi connectivity index (χ1n) is 8.52. The molecule has 2 unspecified atom stereocenters. The number of nitrogens with two attached hydrogens (primary N) is 1. The van der Waals surface area contributed by atoms with E-state index in [2.05, 4.69) is 33.1 Å². The summed E-state index contributed by atoms with van der Waals surface area (Å²) in [7, 11) is 0. The van der Waals surface area contributed by atoms with Gasteiger partial charge in [-0.2, -0.15) is 0 Å². The summed E-state index contributed by atoms with van der Waals surface area (Å²) in [6.07, 6.45) is 10.7. The molecule has 20 heavy (non-hydrogen) atoms. The fourth-order valence-corrected chi connectivity index (χ4v) is 4.59. The molecule has 2 fully saturated rings. The third kappa shape index (κ3) is 3.75. The van der Waals surface area contributed by atoms with E-state index in [9.17, 15) is 0 Å². The highest BCUT2D eigenvalue weighted by Crippen LogP contribution is 2.46. The van der Waals surface area contributed by atoms with Crippen molar-refractivity contribution in [2.45, 2.75) is 96.3 Å². The largest absolute Gasteiger partial charge is 0.369 e. The lowest BCUT2D eigenvalue weighted by Crippen LogP contribution is -2.51. The third-order valence-corrected chi connectivity index (χ3v) is 5.43. The highest BCUT2D eigenvalue weighted by molar-refractivity contribution is 5.00. The molecule has 0 amide bonds. The molecule has 118 valence electrons. The zero-order chi connectivity index (χ0) is 14.8. The molecular formula is C17H34N2O. The van der Waals surface area contributed by atoms with E-state index < -0.39 is 0 Å². The minimum Gasteiger partial charge on any atom is -0.369 e. The predicted octanol–water partition coefficient (Wildman–Crippen LogP) is 3.77. The van der Waals surface area contributed by atoms with Gasteiger partial charge in [-0.15, -0.1) is 0 Å². The molecule has 3 heteroatoms. The predicted molar refractivity (Wildman–Crippen MR) is 84.3 cm³/mol. The summed E-state index contributed by atoms with van der Waals surface area (Å²) >= 11 is 0. The summed E-state index contributed by atoms with van der Waals surface area (Å²) < 4.78 is 6.28. The van der Waals surface area contributed by atoms with Crippen LogP contribution in [0.15, 0.2) is 0 Å². The van der Waals surface area contributed by atoms with Crippen molar-refractivity contribution in [1.29, 1.82) is 0 Å². The molecule has 1 saturated heterocycles. The quantitative estimate of drug-likeness (QED) is 0.612. The van der Waals surface area contributed by atoms with Crippen LogP contribution in [-0.2, 0) is 4.74 Å². The van der Waals surface area contributed by atoms with Crippen LogP contribution in [0.1, 0.15) is 79.1 Å². The Morgan fingerprint density at radius 3 is 2.00 bits per heavy atom. The molecule has 1 saturated carbocycles. The van der Waals surface area contributed by atoms with Crippen LogP contribution in [0.2, 0.25) is 0 Å². The second-order valence-corrected chi connectivity index (χ2v) is 8.07. The van der Waals surface area contributed by atoms with E-state index in [-0.39, 0.29) is 11.2 Å². The van der Waals surface area contributed by atoms with Gasteiger partial charge in [-0.25, -0.2) is 0 Å². The lowest BCUT2D eigenvalue weighted by Gasteiger charge is -2.38. The first-order valence-corrected chi connectivity index (χ1v) is 8.52. The first-order chi connectivity index (χ1) is 9.36. The highest BCUT2D eigenvalue weighted by Gasteiger charge is 2.50. The molecule has 0 aromatic rings. The molecule has 2 rings (SSSR count). The number of hydrogen-bond acceptors (Lipinski definition) is 3. The monoisotopic (exact) mass is 282 g/mol. The molecule has 2 atom stereocenters. The van der Waals surface area contributed by atoms with Crippen molar-refractivity contribution in [3.8, 4) is 0 Å². The van der Waals surface area contributed by atoms with Crippen LogP contribution in [0.25, 0.3) is 0 Å². The molecule has 1 heterocycles. The lowest BCUT2D eigenvalue weighted by atomic mass is 9.73. The maximum absolute atomic E-state index is 6.28.